The Morgan fingerprint density at radius 3 is 2.37 bits per heavy atom. The summed E-state index contributed by atoms with van der Waals surface area (Å²) in [6.07, 6.45) is 5.24. The maximum absolute atomic E-state index is 12.6. The Bertz CT molecular complexity index is 796. The lowest BCUT2D eigenvalue weighted by Gasteiger charge is -2.29. The summed E-state index contributed by atoms with van der Waals surface area (Å²) in [5.74, 6) is -0.121. The average molecular weight is 368 g/mol. The number of aromatic nitrogens is 1. The van der Waals surface area contributed by atoms with Crippen molar-refractivity contribution in [2.45, 2.75) is 44.8 Å². The topological polar surface area (TPSA) is 77.5 Å². The minimum atomic E-state index is -0.511. The van der Waals surface area contributed by atoms with Crippen molar-refractivity contribution in [2.75, 3.05) is 7.11 Å². The number of carbonyl (C=O) groups is 2. The summed E-state index contributed by atoms with van der Waals surface area (Å²) >= 11 is 0. The van der Waals surface area contributed by atoms with E-state index in [0.717, 1.165) is 31.2 Å². The quantitative estimate of drug-likeness (QED) is 0.820. The molecular weight excluding hydrogens is 344 g/mol. The monoisotopic (exact) mass is 368 g/mol. The van der Waals surface area contributed by atoms with Gasteiger partial charge in [-0.05, 0) is 50.3 Å². The summed E-state index contributed by atoms with van der Waals surface area (Å²) in [6, 6.07) is 10.6. The average Bonchev–Trinajstić information content (AvgIpc) is 2.70. The zero-order chi connectivity index (χ0) is 19.2. The summed E-state index contributed by atoms with van der Waals surface area (Å²) in [6.45, 7) is 1.99. The highest BCUT2D eigenvalue weighted by molar-refractivity contribution is 6.05. The Morgan fingerprint density at radius 1 is 1.04 bits per heavy atom. The summed E-state index contributed by atoms with van der Waals surface area (Å²) in [5, 5.41) is 3.03. The van der Waals surface area contributed by atoms with Crippen LogP contribution in [0.3, 0.4) is 0 Å². The third-order valence-electron chi connectivity index (χ3n) is 4.76. The molecule has 1 fully saturated rings. The molecule has 1 aliphatic carbocycles. The zero-order valence-electron chi connectivity index (χ0n) is 15.6. The maximum atomic E-state index is 12.6. The van der Waals surface area contributed by atoms with Gasteiger partial charge in [0.15, 0.2) is 0 Å². The number of methoxy groups -OCH3 is 1. The fourth-order valence-corrected chi connectivity index (χ4v) is 3.25. The molecule has 2 aromatic rings. The van der Waals surface area contributed by atoms with E-state index in [9.17, 15) is 9.59 Å². The number of amides is 1. The highest BCUT2D eigenvalue weighted by Crippen LogP contribution is 2.23. The van der Waals surface area contributed by atoms with Gasteiger partial charge in [0.25, 0.3) is 5.91 Å². The number of benzene rings is 1. The van der Waals surface area contributed by atoms with Gasteiger partial charge in [0.1, 0.15) is 6.10 Å². The molecule has 0 spiro atoms. The predicted molar refractivity (Wildman–Crippen MR) is 101 cm³/mol. The van der Waals surface area contributed by atoms with Crippen molar-refractivity contribution in [3.63, 3.8) is 0 Å². The van der Waals surface area contributed by atoms with E-state index in [4.69, 9.17) is 9.47 Å². The van der Waals surface area contributed by atoms with Crippen LogP contribution >= 0.6 is 0 Å². The number of aryl methyl sites for hydroxylation is 1. The summed E-state index contributed by atoms with van der Waals surface area (Å²) in [4.78, 5) is 28.7. The van der Waals surface area contributed by atoms with Gasteiger partial charge < -0.3 is 14.8 Å². The van der Waals surface area contributed by atoms with E-state index in [0.29, 0.717) is 11.4 Å². The molecule has 0 radical (unpaired) electrons. The minimum Gasteiger partial charge on any atom is -0.474 e. The standard InChI is InChI=1S/C21H24N2O4/c1-14-7-12-19(22-13-14)27-16-10-8-15(9-11-16)23-20(24)17-5-3-4-6-18(17)21(25)26-2/h3-7,12-13,15-16H,8-11H2,1-2H3,(H,23,24). The van der Waals surface area contributed by atoms with Crippen LogP contribution in [-0.4, -0.2) is 36.1 Å². The predicted octanol–water partition coefficient (Wildman–Crippen LogP) is 3.30. The van der Waals surface area contributed by atoms with Crippen molar-refractivity contribution < 1.29 is 19.1 Å². The summed E-state index contributed by atoms with van der Waals surface area (Å²) in [7, 11) is 1.31. The Labute approximate surface area is 158 Å². The van der Waals surface area contributed by atoms with Crippen molar-refractivity contribution in [1.82, 2.24) is 10.3 Å². The Balaban J connectivity index is 1.54. The number of esters is 1. The third-order valence-corrected chi connectivity index (χ3v) is 4.76. The highest BCUT2D eigenvalue weighted by atomic mass is 16.5. The summed E-state index contributed by atoms with van der Waals surface area (Å²) in [5.41, 5.74) is 1.72. The molecule has 0 aliphatic heterocycles. The van der Waals surface area contributed by atoms with Gasteiger partial charge in [0.2, 0.25) is 5.88 Å². The number of hydrogen-bond acceptors (Lipinski definition) is 5. The van der Waals surface area contributed by atoms with E-state index in [1.54, 1.807) is 30.5 Å². The molecule has 1 aromatic heterocycles. The first-order valence-corrected chi connectivity index (χ1v) is 9.14. The second-order valence-electron chi connectivity index (χ2n) is 6.78. The van der Waals surface area contributed by atoms with Crippen molar-refractivity contribution >= 4 is 11.9 Å². The van der Waals surface area contributed by atoms with E-state index in [1.165, 1.54) is 7.11 Å². The lowest BCUT2D eigenvalue weighted by molar-refractivity contribution is 0.0595. The normalized spacial score (nSPS) is 19.2. The number of carbonyl (C=O) groups excluding carboxylic acids is 2. The third kappa shape index (κ3) is 4.84. The van der Waals surface area contributed by atoms with E-state index >= 15 is 0 Å². The molecule has 1 heterocycles. The van der Waals surface area contributed by atoms with Crippen molar-refractivity contribution in [2.24, 2.45) is 0 Å². The van der Waals surface area contributed by atoms with Gasteiger partial charge in [-0.15, -0.1) is 0 Å². The number of nitrogens with one attached hydrogen (secondary N) is 1. The van der Waals surface area contributed by atoms with Crippen molar-refractivity contribution in [3.05, 3.63) is 59.3 Å². The second-order valence-corrected chi connectivity index (χ2v) is 6.78. The molecule has 3 rings (SSSR count). The smallest absolute Gasteiger partial charge is 0.338 e. The van der Waals surface area contributed by atoms with Crippen LogP contribution in [0.15, 0.2) is 42.6 Å². The van der Waals surface area contributed by atoms with Crippen LogP contribution < -0.4 is 10.1 Å². The first-order valence-electron chi connectivity index (χ1n) is 9.14. The molecule has 6 nitrogen and oxygen atoms in total. The summed E-state index contributed by atoms with van der Waals surface area (Å²) < 4.78 is 10.7. The molecule has 0 atom stereocenters. The largest absolute Gasteiger partial charge is 0.474 e. The van der Waals surface area contributed by atoms with Gasteiger partial charge in [0, 0.05) is 18.3 Å². The Kier molecular flexibility index (Phi) is 6.06. The van der Waals surface area contributed by atoms with Gasteiger partial charge in [-0.2, -0.15) is 0 Å². The van der Waals surface area contributed by atoms with Crippen LogP contribution in [0.2, 0.25) is 0 Å². The van der Waals surface area contributed by atoms with E-state index < -0.39 is 5.97 Å². The first-order chi connectivity index (χ1) is 13.1. The molecule has 142 valence electrons. The van der Waals surface area contributed by atoms with E-state index in [2.05, 4.69) is 10.3 Å². The van der Waals surface area contributed by atoms with Crippen LogP contribution in [0.5, 0.6) is 5.88 Å². The fourth-order valence-electron chi connectivity index (χ4n) is 3.25. The molecule has 1 N–H and O–H groups in total. The van der Waals surface area contributed by atoms with Gasteiger partial charge in [-0.3, -0.25) is 4.79 Å². The van der Waals surface area contributed by atoms with Gasteiger partial charge in [-0.25, -0.2) is 9.78 Å². The molecule has 1 aliphatic rings. The molecule has 0 unspecified atom stereocenters. The van der Waals surface area contributed by atoms with E-state index in [-0.39, 0.29) is 23.6 Å². The van der Waals surface area contributed by atoms with Crippen LogP contribution in [0.25, 0.3) is 0 Å². The first kappa shape index (κ1) is 18.9. The number of nitrogens with zero attached hydrogens (tertiary/aromatic N) is 1. The Morgan fingerprint density at radius 2 is 1.74 bits per heavy atom. The SMILES string of the molecule is COC(=O)c1ccccc1C(=O)NC1CCC(Oc2ccc(C)cn2)CC1. The molecule has 0 saturated heterocycles. The molecular formula is C21H24N2O4. The molecule has 6 heteroatoms. The molecule has 1 amide bonds. The van der Waals surface area contributed by atoms with Gasteiger partial charge in [-0.1, -0.05) is 18.2 Å². The number of pyridine rings is 1. The zero-order valence-corrected chi connectivity index (χ0v) is 15.6. The fraction of sp³-hybridized carbons (Fsp3) is 0.381. The molecule has 0 bridgehead atoms. The van der Waals surface area contributed by atoms with Crippen LogP contribution in [0.1, 0.15) is 52.0 Å². The van der Waals surface area contributed by atoms with Crippen molar-refractivity contribution in [1.29, 1.82) is 0 Å². The number of rotatable bonds is 5. The van der Waals surface area contributed by atoms with Crippen LogP contribution in [0, 0.1) is 6.92 Å². The molecule has 1 saturated carbocycles. The second kappa shape index (κ2) is 8.66. The minimum absolute atomic E-state index is 0.0639. The van der Waals surface area contributed by atoms with Crippen LogP contribution in [0.4, 0.5) is 0 Å². The van der Waals surface area contributed by atoms with E-state index in [1.807, 2.05) is 19.1 Å². The number of ether oxygens (including phenoxy) is 2. The highest BCUT2D eigenvalue weighted by Gasteiger charge is 2.25. The maximum Gasteiger partial charge on any atom is 0.338 e. The molecule has 1 aromatic carbocycles. The van der Waals surface area contributed by atoms with Gasteiger partial charge >= 0.3 is 5.97 Å². The Hall–Kier alpha value is -2.89. The van der Waals surface area contributed by atoms with Crippen molar-refractivity contribution in [3.8, 4) is 5.88 Å². The lowest BCUT2D eigenvalue weighted by Crippen LogP contribution is -2.40. The lowest BCUT2D eigenvalue weighted by atomic mass is 9.92. The van der Waals surface area contributed by atoms with Gasteiger partial charge in [0.05, 0.1) is 18.2 Å². The molecule has 27 heavy (non-hydrogen) atoms. The van der Waals surface area contributed by atoms with Crippen LogP contribution in [-0.2, 0) is 4.74 Å². The number of hydrogen-bond donors (Lipinski definition) is 1.